The monoisotopic (exact) mass is 308 g/mol. The van der Waals surface area contributed by atoms with Crippen molar-refractivity contribution in [1.29, 1.82) is 0 Å². The Bertz CT molecular complexity index is 622. The van der Waals surface area contributed by atoms with E-state index >= 15 is 0 Å². The Morgan fingerprint density at radius 3 is 2.71 bits per heavy atom. The molecule has 2 atom stereocenters. The van der Waals surface area contributed by atoms with Crippen LogP contribution in [0.3, 0.4) is 0 Å². The van der Waals surface area contributed by atoms with Gasteiger partial charge in [-0.1, -0.05) is 25.5 Å². The number of amides is 1. The molecule has 0 bridgehead atoms. The molecule has 1 aliphatic rings. The number of carbonyl (C=O) groups excluding carboxylic acids is 1. The number of aromatic amines is 1. The van der Waals surface area contributed by atoms with E-state index in [4.69, 9.17) is 12.2 Å². The quantitative estimate of drug-likeness (QED) is 0.648. The van der Waals surface area contributed by atoms with E-state index < -0.39 is 0 Å². The van der Waals surface area contributed by atoms with Crippen LogP contribution in [0, 0.1) is 22.0 Å². The van der Waals surface area contributed by atoms with E-state index in [2.05, 4.69) is 49.3 Å². The van der Waals surface area contributed by atoms with Crippen molar-refractivity contribution in [2.24, 2.45) is 24.3 Å². The molecule has 0 spiro atoms. The zero-order valence-electron chi connectivity index (χ0n) is 13.4. The van der Waals surface area contributed by atoms with E-state index in [9.17, 15) is 4.79 Å². The molecule has 0 radical (unpaired) electrons. The van der Waals surface area contributed by atoms with Crippen molar-refractivity contribution in [1.82, 2.24) is 20.1 Å². The van der Waals surface area contributed by atoms with Crippen LogP contribution < -0.4 is 5.32 Å². The molecule has 1 amide bonds. The summed E-state index contributed by atoms with van der Waals surface area (Å²) >= 11 is 5.06. The molecule has 2 rings (SSSR count). The van der Waals surface area contributed by atoms with Gasteiger partial charge in [-0.2, -0.15) is 5.10 Å². The molecular weight excluding hydrogens is 284 g/mol. The van der Waals surface area contributed by atoms with Gasteiger partial charge in [-0.25, -0.2) is 0 Å². The van der Waals surface area contributed by atoms with Crippen LogP contribution in [0.15, 0.2) is 11.6 Å². The largest absolute Gasteiger partial charge is 0.355 e. The van der Waals surface area contributed by atoms with Crippen LogP contribution in [-0.4, -0.2) is 27.2 Å². The van der Waals surface area contributed by atoms with Crippen LogP contribution in [0.4, 0.5) is 0 Å². The smallest absolute Gasteiger partial charge is 0.224 e. The van der Waals surface area contributed by atoms with Crippen LogP contribution in [-0.2, 0) is 18.3 Å². The van der Waals surface area contributed by atoms with E-state index in [-0.39, 0.29) is 17.2 Å². The zero-order chi connectivity index (χ0) is 15.8. The number of rotatable bonds is 5. The number of hydrogen-bond acceptors (Lipinski definition) is 3. The number of H-pyrrole nitrogens is 1. The Kier molecular flexibility index (Phi) is 4.37. The minimum atomic E-state index is 0.0616. The van der Waals surface area contributed by atoms with Crippen molar-refractivity contribution >= 4 is 18.1 Å². The van der Waals surface area contributed by atoms with Crippen LogP contribution in [0.5, 0.6) is 0 Å². The average molecular weight is 308 g/mol. The fourth-order valence-electron chi connectivity index (χ4n) is 2.86. The highest BCUT2D eigenvalue weighted by Gasteiger charge is 2.60. The normalized spacial score (nSPS) is 22.7. The molecule has 0 saturated heterocycles. The van der Waals surface area contributed by atoms with Crippen molar-refractivity contribution in [3.63, 3.8) is 0 Å². The Morgan fingerprint density at radius 1 is 1.52 bits per heavy atom. The zero-order valence-corrected chi connectivity index (χ0v) is 14.2. The SMILES string of the molecule is CC(C)=C[C@H]1[C@H](C(=O)NCCc2n[nH]c(=S)n2C)C1(C)C. The fourth-order valence-corrected chi connectivity index (χ4v) is 3.01. The first-order chi connectivity index (χ1) is 9.75. The van der Waals surface area contributed by atoms with E-state index in [1.165, 1.54) is 5.57 Å². The Balaban J connectivity index is 1.87. The second-order valence-corrected chi connectivity index (χ2v) is 7.00. The second kappa shape index (κ2) is 5.75. The average Bonchev–Trinajstić information content (AvgIpc) is 2.76. The third-order valence-corrected chi connectivity index (χ3v) is 4.69. The van der Waals surface area contributed by atoms with Gasteiger partial charge < -0.3 is 9.88 Å². The van der Waals surface area contributed by atoms with Gasteiger partial charge in [0.2, 0.25) is 5.91 Å². The van der Waals surface area contributed by atoms with E-state index in [0.29, 0.717) is 23.7 Å². The summed E-state index contributed by atoms with van der Waals surface area (Å²) in [7, 11) is 1.87. The maximum absolute atomic E-state index is 12.3. The van der Waals surface area contributed by atoms with Crippen LogP contribution in [0.2, 0.25) is 0 Å². The molecule has 21 heavy (non-hydrogen) atoms. The van der Waals surface area contributed by atoms with Gasteiger partial charge >= 0.3 is 0 Å². The maximum atomic E-state index is 12.3. The van der Waals surface area contributed by atoms with E-state index in [1.807, 2.05) is 11.6 Å². The lowest BCUT2D eigenvalue weighted by atomic mass is 10.1. The number of allylic oxidation sites excluding steroid dienone is 2. The Labute approximate surface area is 130 Å². The summed E-state index contributed by atoms with van der Waals surface area (Å²) < 4.78 is 2.43. The van der Waals surface area contributed by atoms with Gasteiger partial charge in [0.1, 0.15) is 5.82 Å². The first-order valence-corrected chi connectivity index (χ1v) is 7.69. The molecule has 0 aliphatic heterocycles. The van der Waals surface area contributed by atoms with E-state index in [1.54, 1.807) is 0 Å². The molecule has 1 heterocycles. The topological polar surface area (TPSA) is 62.7 Å². The van der Waals surface area contributed by atoms with Crippen LogP contribution in [0.25, 0.3) is 0 Å². The molecule has 0 aromatic carbocycles. The number of carbonyl (C=O) groups is 1. The molecule has 1 aromatic rings. The summed E-state index contributed by atoms with van der Waals surface area (Å²) in [4.78, 5) is 12.3. The summed E-state index contributed by atoms with van der Waals surface area (Å²) in [6.45, 7) is 9.04. The van der Waals surface area contributed by atoms with Crippen molar-refractivity contribution in [2.75, 3.05) is 6.54 Å². The number of nitrogens with zero attached hydrogens (tertiary/aromatic N) is 2. The summed E-state index contributed by atoms with van der Waals surface area (Å²) in [5.74, 6) is 1.42. The van der Waals surface area contributed by atoms with Gasteiger partial charge in [-0.15, -0.1) is 0 Å². The first kappa shape index (κ1) is 15.9. The van der Waals surface area contributed by atoms with Gasteiger partial charge in [0.25, 0.3) is 0 Å². The van der Waals surface area contributed by atoms with Gasteiger partial charge in [0.05, 0.1) is 5.92 Å². The van der Waals surface area contributed by atoms with Crippen molar-refractivity contribution in [3.05, 3.63) is 22.2 Å². The standard InChI is InChI=1S/C15H24N4OS/c1-9(2)8-10-12(15(10,3)4)13(20)16-7-6-11-17-18-14(21)19(11)5/h8,10,12H,6-7H2,1-5H3,(H,16,20)(H,18,21)/t10-,12+/m0/s1. The van der Waals surface area contributed by atoms with Gasteiger partial charge in [0.15, 0.2) is 4.77 Å². The predicted molar refractivity (Wildman–Crippen MR) is 85.3 cm³/mol. The third kappa shape index (κ3) is 3.26. The van der Waals surface area contributed by atoms with Crippen molar-refractivity contribution < 1.29 is 4.79 Å². The Hall–Kier alpha value is -1.43. The highest BCUT2D eigenvalue weighted by molar-refractivity contribution is 7.71. The van der Waals surface area contributed by atoms with Crippen molar-refractivity contribution in [2.45, 2.75) is 34.1 Å². The van der Waals surface area contributed by atoms with Crippen molar-refractivity contribution in [3.8, 4) is 0 Å². The predicted octanol–water partition coefficient (Wildman–Crippen LogP) is 2.37. The van der Waals surface area contributed by atoms with Crippen LogP contribution >= 0.6 is 12.2 Å². The number of hydrogen-bond donors (Lipinski definition) is 2. The molecule has 6 heteroatoms. The fraction of sp³-hybridized carbons (Fsp3) is 0.667. The molecule has 5 nitrogen and oxygen atoms in total. The van der Waals surface area contributed by atoms with Crippen LogP contribution in [0.1, 0.15) is 33.5 Å². The summed E-state index contributed by atoms with van der Waals surface area (Å²) in [6.07, 6.45) is 2.89. The molecule has 2 N–H and O–H groups in total. The van der Waals surface area contributed by atoms with Gasteiger partial charge in [0, 0.05) is 20.0 Å². The highest BCUT2D eigenvalue weighted by atomic mass is 32.1. The lowest BCUT2D eigenvalue weighted by molar-refractivity contribution is -0.123. The number of nitrogens with one attached hydrogen (secondary N) is 2. The molecule has 1 aliphatic carbocycles. The maximum Gasteiger partial charge on any atom is 0.224 e. The molecule has 1 fully saturated rings. The molecule has 1 saturated carbocycles. The third-order valence-electron chi connectivity index (χ3n) is 4.33. The highest BCUT2D eigenvalue weighted by Crippen LogP contribution is 2.59. The number of aromatic nitrogens is 3. The molecule has 116 valence electrons. The summed E-state index contributed by atoms with van der Waals surface area (Å²) in [5, 5.41) is 9.91. The molecular formula is C15H24N4OS. The Morgan fingerprint density at radius 2 is 2.19 bits per heavy atom. The van der Waals surface area contributed by atoms with E-state index in [0.717, 1.165) is 5.82 Å². The lowest BCUT2D eigenvalue weighted by Crippen LogP contribution is -2.29. The molecule has 0 unspecified atom stereocenters. The lowest BCUT2D eigenvalue weighted by Gasteiger charge is -2.05. The second-order valence-electron chi connectivity index (χ2n) is 6.61. The summed E-state index contributed by atoms with van der Waals surface area (Å²) in [6, 6.07) is 0. The summed E-state index contributed by atoms with van der Waals surface area (Å²) in [5.41, 5.74) is 1.33. The van der Waals surface area contributed by atoms with Gasteiger partial charge in [-0.05, 0) is 37.4 Å². The first-order valence-electron chi connectivity index (χ1n) is 7.28. The minimum absolute atomic E-state index is 0.0616. The van der Waals surface area contributed by atoms with Gasteiger partial charge in [-0.3, -0.25) is 9.89 Å². The minimum Gasteiger partial charge on any atom is -0.355 e. The molecule has 1 aromatic heterocycles.